The molecule has 0 aromatic heterocycles. The zero-order chi connectivity index (χ0) is 20.0. The second-order valence-electron chi connectivity index (χ2n) is 6.21. The van der Waals surface area contributed by atoms with E-state index in [-0.39, 0.29) is 37.0 Å². The molecule has 0 bridgehead atoms. The number of thioether (sulfide) groups is 1. The highest BCUT2D eigenvalue weighted by atomic mass is 32.2. The van der Waals surface area contributed by atoms with Crippen molar-refractivity contribution in [1.29, 1.82) is 0 Å². The summed E-state index contributed by atoms with van der Waals surface area (Å²) in [6.45, 7) is 0.0448. The average Bonchev–Trinajstić information content (AvgIpc) is 2.69. The Morgan fingerprint density at radius 3 is 2.57 bits per heavy atom. The maximum Gasteiger partial charge on any atom is 0.240 e. The first-order valence-electron chi connectivity index (χ1n) is 8.75. The van der Waals surface area contributed by atoms with Gasteiger partial charge >= 0.3 is 0 Å². The van der Waals surface area contributed by atoms with Gasteiger partial charge in [0.2, 0.25) is 21.8 Å². The Kier molecular flexibility index (Phi) is 6.71. The molecule has 0 fully saturated rings. The smallest absolute Gasteiger partial charge is 0.240 e. The van der Waals surface area contributed by atoms with Crippen LogP contribution < -0.4 is 14.9 Å². The van der Waals surface area contributed by atoms with Gasteiger partial charge in [0.25, 0.3) is 0 Å². The molecule has 0 spiro atoms. The van der Waals surface area contributed by atoms with Gasteiger partial charge in [0, 0.05) is 18.0 Å². The van der Waals surface area contributed by atoms with Gasteiger partial charge in [-0.2, -0.15) is 0 Å². The number of hydrogen-bond acceptors (Lipinski definition) is 5. The van der Waals surface area contributed by atoms with E-state index < -0.39 is 15.9 Å². The molecule has 9 heteroatoms. The van der Waals surface area contributed by atoms with E-state index in [0.29, 0.717) is 5.69 Å². The van der Waals surface area contributed by atoms with Gasteiger partial charge in [0.15, 0.2) is 0 Å². The second-order valence-corrected chi connectivity index (χ2v) is 9.16. The van der Waals surface area contributed by atoms with Crippen molar-refractivity contribution in [2.75, 3.05) is 29.5 Å². The largest absolute Gasteiger partial charge is 0.353 e. The van der Waals surface area contributed by atoms with Gasteiger partial charge in [0.1, 0.15) is 6.54 Å². The van der Waals surface area contributed by atoms with Crippen LogP contribution in [0.25, 0.3) is 0 Å². The monoisotopic (exact) mass is 419 g/mol. The lowest BCUT2D eigenvalue weighted by molar-refractivity contribution is -0.122. The Balaban J connectivity index is 1.47. The summed E-state index contributed by atoms with van der Waals surface area (Å²) in [5, 5.41) is 2.58. The van der Waals surface area contributed by atoms with Gasteiger partial charge in [-0.3, -0.25) is 9.59 Å². The molecule has 0 radical (unpaired) electrons. The van der Waals surface area contributed by atoms with E-state index in [1.807, 2.05) is 48.5 Å². The highest BCUT2D eigenvalue weighted by Crippen LogP contribution is 2.34. The lowest BCUT2D eigenvalue weighted by Gasteiger charge is -2.28. The molecule has 3 rings (SSSR count). The number of rotatable bonds is 8. The molecular formula is C19H21N3O4S2. The summed E-state index contributed by atoms with van der Waals surface area (Å²) in [6.07, 6.45) is 0. The van der Waals surface area contributed by atoms with Crippen molar-refractivity contribution in [3.05, 3.63) is 60.2 Å². The zero-order valence-corrected chi connectivity index (χ0v) is 16.8. The van der Waals surface area contributed by atoms with Crippen molar-refractivity contribution >= 4 is 39.3 Å². The lowest BCUT2D eigenvalue weighted by atomic mass is 10.2. The molecule has 1 heterocycles. The van der Waals surface area contributed by atoms with Crippen molar-refractivity contribution < 1.29 is 18.0 Å². The zero-order valence-electron chi connectivity index (χ0n) is 15.1. The first kappa shape index (κ1) is 20.4. The molecule has 1 aliphatic heterocycles. The van der Waals surface area contributed by atoms with Crippen LogP contribution in [0.5, 0.6) is 0 Å². The summed E-state index contributed by atoms with van der Waals surface area (Å²) < 4.78 is 26.6. The SMILES string of the molecule is O=C(CN1C(=O)CSc2ccccc21)NCCS(=O)(=O)NCc1ccccc1. The van der Waals surface area contributed by atoms with Crippen molar-refractivity contribution in [3.8, 4) is 0 Å². The van der Waals surface area contributed by atoms with Crippen LogP contribution in [-0.4, -0.2) is 44.8 Å². The molecule has 2 N–H and O–H groups in total. The van der Waals surface area contributed by atoms with E-state index in [1.54, 1.807) is 6.07 Å². The number of fused-ring (bicyclic) bond motifs is 1. The summed E-state index contributed by atoms with van der Waals surface area (Å²) in [4.78, 5) is 26.8. The molecule has 0 atom stereocenters. The molecule has 0 saturated carbocycles. The van der Waals surface area contributed by atoms with Crippen LogP contribution in [0.4, 0.5) is 5.69 Å². The summed E-state index contributed by atoms with van der Waals surface area (Å²) >= 11 is 1.44. The number of benzene rings is 2. The number of para-hydroxylation sites is 1. The van der Waals surface area contributed by atoms with Gasteiger partial charge in [-0.1, -0.05) is 42.5 Å². The Morgan fingerprint density at radius 1 is 1.07 bits per heavy atom. The number of amides is 2. The third-order valence-electron chi connectivity index (χ3n) is 4.14. The molecule has 148 valence electrons. The molecule has 0 saturated heterocycles. The number of hydrogen-bond donors (Lipinski definition) is 2. The van der Waals surface area contributed by atoms with Crippen molar-refractivity contribution in [3.63, 3.8) is 0 Å². The summed E-state index contributed by atoms with van der Waals surface area (Å²) in [5.74, 6) is -0.488. The minimum Gasteiger partial charge on any atom is -0.353 e. The first-order chi connectivity index (χ1) is 13.4. The minimum absolute atomic E-state index is 0.0264. The van der Waals surface area contributed by atoms with E-state index in [9.17, 15) is 18.0 Å². The van der Waals surface area contributed by atoms with E-state index >= 15 is 0 Å². The summed E-state index contributed by atoms with van der Waals surface area (Å²) in [5.41, 5.74) is 1.56. The molecule has 0 aliphatic carbocycles. The van der Waals surface area contributed by atoms with Crippen LogP contribution in [0.3, 0.4) is 0 Å². The highest BCUT2D eigenvalue weighted by molar-refractivity contribution is 8.00. The quantitative estimate of drug-likeness (QED) is 0.674. The fraction of sp³-hybridized carbons (Fsp3) is 0.263. The van der Waals surface area contributed by atoms with Gasteiger partial charge in [-0.15, -0.1) is 11.8 Å². The predicted molar refractivity (Wildman–Crippen MR) is 110 cm³/mol. The predicted octanol–water partition coefficient (Wildman–Crippen LogP) is 1.36. The van der Waals surface area contributed by atoms with Gasteiger partial charge < -0.3 is 10.2 Å². The maximum absolute atomic E-state index is 12.2. The van der Waals surface area contributed by atoms with Crippen LogP contribution in [0.2, 0.25) is 0 Å². The Labute approximate surface area is 168 Å². The molecule has 2 aromatic rings. The Morgan fingerprint density at radius 2 is 1.79 bits per heavy atom. The van der Waals surface area contributed by atoms with Gasteiger partial charge in [-0.25, -0.2) is 13.1 Å². The van der Waals surface area contributed by atoms with Crippen LogP contribution >= 0.6 is 11.8 Å². The topological polar surface area (TPSA) is 95.6 Å². The highest BCUT2D eigenvalue weighted by Gasteiger charge is 2.26. The molecule has 1 aliphatic rings. The number of nitrogens with zero attached hydrogens (tertiary/aromatic N) is 1. The lowest BCUT2D eigenvalue weighted by Crippen LogP contribution is -2.44. The van der Waals surface area contributed by atoms with Gasteiger partial charge in [-0.05, 0) is 17.7 Å². The molecule has 2 aromatic carbocycles. The third kappa shape index (κ3) is 5.57. The Hall–Kier alpha value is -2.36. The number of sulfonamides is 1. The van der Waals surface area contributed by atoms with E-state index in [2.05, 4.69) is 10.0 Å². The van der Waals surface area contributed by atoms with Gasteiger partial charge in [0.05, 0.1) is 17.2 Å². The van der Waals surface area contributed by atoms with Crippen molar-refractivity contribution in [2.45, 2.75) is 11.4 Å². The van der Waals surface area contributed by atoms with E-state index in [1.165, 1.54) is 16.7 Å². The van der Waals surface area contributed by atoms with Crippen LogP contribution in [0.1, 0.15) is 5.56 Å². The number of carbonyl (C=O) groups excluding carboxylic acids is 2. The molecule has 2 amide bonds. The standard InChI is InChI=1S/C19H21N3O4S2/c23-18(13-22-16-8-4-5-9-17(16)27-14-19(22)24)20-10-11-28(25,26)21-12-15-6-2-1-3-7-15/h1-9,21H,10-14H2,(H,20,23). The summed E-state index contributed by atoms with van der Waals surface area (Å²) in [7, 11) is -3.52. The number of carbonyl (C=O) groups is 2. The number of anilines is 1. The second kappa shape index (κ2) is 9.22. The molecule has 0 unspecified atom stereocenters. The molecule has 28 heavy (non-hydrogen) atoms. The third-order valence-corrected chi connectivity index (χ3v) is 6.52. The minimum atomic E-state index is -3.52. The van der Waals surface area contributed by atoms with E-state index in [0.717, 1.165) is 10.5 Å². The molecular weight excluding hydrogens is 398 g/mol. The first-order valence-corrected chi connectivity index (χ1v) is 11.4. The van der Waals surface area contributed by atoms with Crippen LogP contribution in [-0.2, 0) is 26.2 Å². The van der Waals surface area contributed by atoms with Crippen LogP contribution in [0.15, 0.2) is 59.5 Å². The van der Waals surface area contributed by atoms with Crippen molar-refractivity contribution in [2.24, 2.45) is 0 Å². The van der Waals surface area contributed by atoms with Crippen LogP contribution in [0, 0.1) is 0 Å². The average molecular weight is 420 g/mol. The Bertz CT molecular complexity index is 949. The number of nitrogens with one attached hydrogen (secondary N) is 2. The normalized spacial score (nSPS) is 13.9. The summed E-state index contributed by atoms with van der Waals surface area (Å²) in [6, 6.07) is 16.6. The molecule has 7 nitrogen and oxygen atoms in total. The van der Waals surface area contributed by atoms with Crippen molar-refractivity contribution in [1.82, 2.24) is 10.0 Å². The maximum atomic E-state index is 12.2. The van der Waals surface area contributed by atoms with E-state index in [4.69, 9.17) is 0 Å². The fourth-order valence-electron chi connectivity index (χ4n) is 2.71. The fourth-order valence-corrected chi connectivity index (χ4v) is 4.55.